The molecule has 1 nitrogen and oxygen atoms in total. The maximum atomic E-state index is 12.0. The molecule has 0 spiro atoms. The molecule has 106 valence electrons. The fraction of sp³-hybridized carbons (Fsp3) is 0.200. The lowest BCUT2D eigenvalue weighted by atomic mass is 10.1. The highest BCUT2D eigenvalue weighted by molar-refractivity contribution is 6.31. The second-order valence-corrected chi connectivity index (χ2v) is 4.72. The van der Waals surface area contributed by atoms with Gasteiger partial charge in [0.15, 0.2) is 6.61 Å². The molecule has 0 fully saturated rings. The van der Waals surface area contributed by atoms with E-state index < -0.39 is 12.8 Å². The monoisotopic (exact) mass is 300 g/mol. The maximum Gasteiger partial charge on any atom is 0.422 e. The van der Waals surface area contributed by atoms with Crippen LogP contribution in [0.5, 0.6) is 5.75 Å². The van der Waals surface area contributed by atoms with Gasteiger partial charge in [-0.1, -0.05) is 41.9 Å². The largest absolute Gasteiger partial charge is 0.484 e. The van der Waals surface area contributed by atoms with E-state index in [0.717, 1.165) is 11.1 Å². The SMILES string of the molecule is FC(F)(F)COc1ccc(Cc2ccccc2Cl)cc1. The van der Waals surface area contributed by atoms with Gasteiger partial charge >= 0.3 is 6.18 Å². The first-order valence-electron chi connectivity index (χ1n) is 5.96. The van der Waals surface area contributed by atoms with Crippen molar-refractivity contribution in [2.45, 2.75) is 12.6 Å². The third-order valence-corrected chi connectivity index (χ3v) is 3.05. The first-order chi connectivity index (χ1) is 9.44. The minimum absolute atomic E-state index is 0.199. The van der Waals surface area contributed by atoms with Crippen molar-refractivity contribution in [3.8, 4) is 5.75 Å². The second-order valence-electron chi connectivity index (χ2n) is 4.32. The van der Waals surface area contributed by atoms with E-state index in [1.165, 1.54) is 12.1 Å². The van der Waals surface area contributed by atoms with Crippen molar-refractivity contribution in [2.24, 2.45) is 0 Å². The Kier molecular flexibility index (Phi) is 4.55. The molecule has 20 heavy (non-hydrogen) atoms. The van der Waals surface area contributed by atoms with Gasteiger partial charge in [0.25, 0.3) is 0 Å². The van der Waals surface area contributed by atoms with Crippen LogP contribution in [-0.2, 0) is 6.42 Å². The van der Waals surface area contributed by atoms with Gasteiger partial charge < -0.3 is 4.74 Å². The Morgan fingerprint density at radius 2 is 1.60 bits per heavy atom. The molecule has 0 amide bonds. The summed E-state index contributed by atoms with van der Waals surface area (Å²) in [5, 5.41) is 0.671. The molecule has 2 aromatic rings. The van der Waals surface area contributed by atoms with Gasteiger partial charge in [0.2, 0.25) is 0 Å². The average molecular weight is 301 g/mol. The van der Waals surface area contributed by atoms with E-state index >= 15 is 0 Å². The van der Waals surface area contributed by atoms with Gasteiger partial charge in [-0.2, -0.15) is 13.2 Å². The molecular weight excluding hydrogens is 289 g/mol. The predicted molar refractivity (Wildman–Crippen MR) is 72.3 cm³/mol. The lowest BCUT2D eigenvalue weighted by Crippen LogP contribution is -2.19. The van der Waals surface area contributed by atoms with Crippen LogP contribution in [0.1, 0.15) is 11.1 Å². The first kappa shape index (κ1) is 14.7. The number of hydrogen-bond donors (Lipinski definition) is 0. The van der Waals surface area contributed by atoms with Crippen molar-refractivity contribution < 1.29 is 17.9 Å². The van der Waals surface area contributed by atoms with Gasteiger partial charge in [0.05, 0.1) is 0 Å². The molecule has 0 N–H and O–H groups in total. The molecule has 0 aliphatic carbocycles. The van der Waals surface area contributed by atoms with Crippen LogP contribution in [0.15, 0.2) is 48.5 Å². The normalized spacial score (nSPS) is 11.4. The van der Waals surface area contributed by atoms with Gasteiger partial charge in [-0.3, -0.25) is 0 Å². The van der Waals surface area contributed by atoms with Gasteiger partial charge in [-0.25, -0.2) is 0 Å². The summed E-state index contributed by atoms with van der Waals surface area (Å²) in [4.78, 5) is 0. The highest BCUT2D eigenvalue weighted by Gasteiger charge is 2.28. The van der Waals surface area contributed by atoms with Crippen LogP contribution >= 0.6 is 11.6 Å². The lowest BCUT2D eigenvalue weighted by molar-refractivity contribution is -0.153. The molecule has 0 unspecified atom stereocenters. The standard InChI is InChI=1S/C15H12ClF3O/c16-14-4-2-1-3-12(14)9-11-5-7-13(8-6-11)20-10-15(17,18)19/h1-8H,9-10H2. The zero-order chi connectivity index (χ0) is 14.6. The van der Waals surface area contributed by atoms with Crippen LogP contribution in [0.4, 0.5) is 13.2 Å². The molecule has 0 aromatic heterocycles. The molecule has 0 aliphatic rings. The molecule has 0 atom stereocenters. The van der Waals surface area contributed by atoms with Crippen LogP contribution in [0, 0.1) is 0 Å². The van der Waals surface area contributed by atoms with Crippen molar-refractivity contribution in [1.29, 1.82) is 0 Å². The molecule has 0 aliphatic heterocycles. The van der Waals surface area contributed by atoms with E-state index in [2.05, 4.69) is 4.74 Å². The predicted octanol–water partition coefficient (Wildman–Crippen LogP) is 4.87. The smallest absolute Gasteiger partial charge is 0.422 e. The van der Waals surface area contributed by atoms with E-state index in [-0.39, 0.29) is 5.75 Å². The van der Waals surface area contributed by atoms with Crippen molar-refractivity contribution >= 4 is 11.6 Å². The lowest BCUT2D eigenvalue weighted by Gasteiger charge is -2.10. The van der Waals surface area contributed by atoms with Crippen LogP contribution in [0.2, 0.25) is 5.02 Å². The second kappa shape index (κ2) is 6.18. The number of benzene rings is 2. The number of hydrogen-bond acceptors (Lipinski definition) is 1. The Bertz CT molecular complexity index is 564. The zero-order valence-electron chi connectivity index (χ0n) is 10.5. The van der Waals surface area contributed by atoms with Gasteiger partial charge in [-0.05, 0) is 35.7 Å². The number of rotatable bonds is 4. The highest BCUT2D eigenvalue weighted by atomic mass is 35.5. The summed E-state index contributed by atoms with van der Waals surface area (Å²) in [7, 11) is 0. The molecule has 0 heterocycles. The fourth-order valence-electron chi connectivity index (χ4n) is 1.73. The van der Waals surface area contributed by atoms with Gasteiger partial charge in [0.1, 0.15) is 5.75 Å². The molecule has 0 saturated heterocycles. The third kappa shape index (κ3) is 4.46. The maximum absolute atomic E-state index is 12.0. The summed E-state index contributed by atoms with van der Waals surface area (Å²) in [6.45, 7) is -1.28. The molecule has 0 saturated carbocycles. The van der Waals surface area contributed by atoms with Crippen molar-refractivity contribution in [2.75, 3.05) is 6.61 Å². The van der Waals surface area contributed by atoms with E-state index in [1.54, 1.807) is 18.2 Å². The van der Waals surface area contributed by atoms with E-state index in [9.17, 15) is 13.2 Å². The topological polar surface area (TPSA) is 9.23 Å². The minimum atomic E-state index is -4.32. The molecule has 2 aromatic carbocycles. The minimum Gasteiger partial charge on any atom is -0.484 e. The summed E-state index contributed by atoms with van der Waals surface area (Å²) in [5.74, 6) is 0.199. The van der Waals surface area contributed by atoms with Crippen LogP contribution in [-0.4, -0.2) is 12.8 Å². The summed E-state index contributed by atoms with van der Waals surface area (Å²) in [5.41, 5.74) is 1.93. The Balaban J connectivity index is 2.00. The molecular formula is C15H12ClF3O. The molecule has 2 rings (SSSR count). The number of ether oxygens (including phenoxy) is 1. The van der Waals surface area contributed by atoms with Gasteiger partial charge in [-0.15, -0.1) is 0 Å². The Morgan fingerprint density at radius 1 is 0.950 bits per heavy atom. The first-order valence-corrected chi connectivity index (χ1v) is 6.34. The van der Waals surface area contributed by atoms with Crippen LogP contribution < -0.4 is 4.74 Å². The van der Waals surface area contributed by atoms with Crippen LogP contribution in [0.25, 0.3) is 0 Å². The Morgan fingerprint density at radius 3 is 2.20 bits per heavy atom. The molecule has 0 bridgehead atoms. The Hall–Kier alpha value is -1.68. The van der Waals surface area contributed by atoms with Gasteiger partial charge in [0, 0.05) is 5.02 Å². The summed E-state index contributed by atoms with van der Waals surface area (Å²) in [6.07, 6.45) is -3.70. The van der Waals surface area contributed by atoms with E-state index in [1.807, 2.05) is 18.2 Å². The average Bonchev–Trinajstić information content (AvgIpc) is 2.40. The highest BCUT2D eigenvalue weighted by Crippen LogP contribution is 2.22. The molecule has 0 radical (unpaired) electrons. The van der Waals surface area contributed by atoms with E-state index in [0.29, 0.717) is 11.4 Å². The van der Waals surface area contributed by atoms with Crippen LogP contribution in [0.3, 0.4) is 0 Å². The fourth-order valence-corrected chi connectivity index (χ4v) is 1.93. The third-order valence-electron chi connectivity index (χ3n) is 2.68. The van der Waals surface area contributed by atoms with Crippen molar-refractivity contribution in [1.82, 2.24) is 0 Å². The summed E-state index contributed by atoms with van der Waals surface area (Å²) >= 11 is 6.06. The van der Waals surface area contributed by atoms with E-state index in [4.69, 9.17) is 11.6 Å². The summed E-state index contributed by atoms with van der Waals surface area (Å²) < 4.78 is 40.7. The number of halogens is 4. The van der Waals surface area contributed by atoms with Crippen molar-refractivity contribution in [3.63, 3.8) is 0 Å². The summed E-state index contributed by atoms with van der Waals surface area (Å²) in [6, 6.07) is 14.0. The number of alkyl halides is 3. The Labute approximate surface area is 119 Å². The van der Waals surface area contributed by atoms with Crippen molar-refractivity contribution in [3.05, 3.63) is 64.7 Å². The molecule has 5 heteroatoms. The zero-order valence-corrected chi connectivity index (χ0v) is 11.2. The quantitative estimate of drug-likeness (QED) is 0.782.